The number of phenols is 5. The molecule has 8 rings (SSSR count). The van der Waals surface area contributed by atoms with Gasteiger partial charge >= 0.3 is 23.3 Å². The lowest BCUT2D eigenvalue weighted by Crippen LogP contribution is -2.65. The Balaban J connectivity index is 1.14. The van der Waals surface area contributed by atoms with Crippen LogP contribution in [0.2, 0.25) is 0 Å². The molecule has 5 aromatic rings. The summed E-state index contributed by atoms with van der Waals surface area (Å²) in [4.78, 5) is 25.8. The summed E-state index contributed by atoms with van der Waals surface area (Å²) in [6, 6.07) is 15.2. The van der Waals surface area contributed by atoms with Gasteiger partial charge in [0.1, 0.15) is 97.2 Å². The van der Waals surface area contributed by atoms with Gasteiger partial charge in [-0.1, -0.05) is 12.1 Å². The predicted molar refractivity (Wildman–Crippen MR) is 268 cm³/mol. The Morgan fingerprint density at radius 2 is 1.05 bits per heavy atom. The summed E-state index contributed by atoms with van der Waals surface area (Å²) in [6.45, 7) is -2.40. The zero-order valence-electron chi connectivity index (χ0n) is 42.1. The lowest BCUT2D eigenvalue weighted by molar-refractivity contribution is -0.358. The van der Waals surface area contributed by atoms with Gasteiger partial charge in [-0.05, 0) is 59.7 Å². The van der Waals surface area contributed by atoms with Gasteiger partial charge in [0.05, 0.1) is 32.5 Å². The molecule has 0 spiro atoms. The number of carbonyl (C=O) groups is 2. The highest BCUT2D eigenvalue weighted by Gasteiger charge is 2.53. The summed E-state index contributed by atoms with van der Waals surface area (Å²) in [7, 11) is 2.58. The van der Waals surface area contributed by atoms with Crippen LogP contribution in [0.3, 0.4) is 0 Å². The van der Waals surface area contributed by atoms with Crippen LogP contribution >= 0.6 is 0 Å². The van der Waals surface area contributed by atoms with Gasteiger partial charge in [-0.3, -0.25) is 0 Å². The first-order valence-corrected chi connectivity index (χ1v) is 24.3. The van der Waals surface area contributed by atoms with E-state index in [1.165, 1.54) is 81.0 Å². The third-order valence-electron chi connectivity index (χ3n) is 13.0. The molecule has 3 aliphatic heterocycles. The average Bonchev–Trinajstić information content (AvgIpc) is 3.58. The van der Waals surface area contributed by atoms with E-state index >= 15 is 0 Å². The van der Waals surface area contributed by atoms with E-state index in [2.05, 4.69) is 0 Å². The van der Waals surface area contributed by atoms with Crippen LogP contribution in [0.1, 0.15) is 11.1 Å². The molecule has 3 saturated heterocycles. The highest BCUT2D eigenvalue weighted by atomic mass is 16.8. The third-order valence-corrected chi connectivity index (χ3v) is 13.0. The van der Waals surface area contributed by atoms with Gasteiger partial charge in [0.15, 0.2) is 46.9 Å². The Labute approximate surface area is 452 Å². The monoisotopic (exact) mass is 1130 g/mol. The number of hydrogen-bond donors (Lipinski definition) is 14. The first kappa shape index (κ1) is 58.5. The van der Waals surface area contributed by atoms with Crippen LogP contribution in [0.4, 0.5) is 0 Å². The van der Waals surface area contributed by atoms with Crippen molar-refractivity contribution >= 4 is 35.1 Å². The lowest BCUT2D eigenvalue weighted by Gasteiger charge is -2.45. The molecule has 0 bridgehead atoms. The second-order valence-electron chi connectivity index (χ2n) is 18.4. The van der Waals surface area contributed by atoms with Crippen LogP contribution < -0.4 is 18.9 Å². The van der Waals surface area contributed by atoms with Crippen molar-refractivity contribution in [2.24, 2.45) is 0 Å². The Bertz CT molecular complexity index is 3060. The molecule has 4 aromatic carbocycles. The molecule has 0 aliphatic carbocycles. The largest absolute Gasteiger partial charge is 0.507 e. The fourth-order valence-electron chi connectivity index (χ4n) is 8.59. The minimum absolute atomic E-state index is 0.0857. The van der Waals surface area contributed by atoms with E-state index < -0.39 is 147 Å². The second kappa shape index (κ2) is 25.2. The van der Waals surface area contributed by atoms with Gasteiger partial charge in [0, 0.05) is 30.4 Å². The predicted octanol–water partition coefficient (Wildman–Crippen LogP) is -0.364. The number of rotatable bonds is 18. The molecule has 0 radical (unpaired) electrons. The molecule has 15 atom stereocenters. The number of carbonyl (C=O) groups excluding carboxylic acids is 2. The molecule has 27 nitrogen and oxygen atoms in total. The van der Waals surface area contributed by atoms with Crippen molar-refractivity contribution in [1.82, 2.24) is 0 Å². The molecule has 14 N–H and O–H groups in total. The fraction of sp³-hybridized carbons (Fsp3) is 0.377. The fourth-order valence-corrected chi connectivity index (χ4v) is 8.59. The molecule has 4 heterocycles. The van der Waals surface area contributed by atoms with Crippen LogP contribution in [0.25, 0.3) is 34.4 Å². The average molecular weight is 1130 g/mol. The van der Waals surface area contributed by atoms with Crippen molar-refractivity contribution in [2.75, 3.05) is 34.0 Å². The van der Waals surface area contributed by atoms with E-state index in [9.17, 15) is 81.1 Å². The van der Waals surface area contributed by atoms with Crippen molar-refractivity contribution in [3.8, 4) is 63.1 Å². The second-order valence-corrected chi connectivity index (χ2v) is 18.4. The number of phenolic OH excluding ortho intramolecular Hbond substituents is 5. The zero-order valence-corrected chi connectivity index (χ0v) is 42.1. The summed E-state index contributed by atoms with van der Waals surface area (Å²) >= 11 is 0. The number of ether oxygens (including phenoxy) is 10. The molecular formula is C53H57O27+. The number of benzene rings is 4. The minimum Gasteiger partial charge on any atom is -0.507 e. The Hall–Kier alpha value is -7.61. The molecule has 0 amide bonds. The number of hydrogen-bond acceptors (Lipinski definition) is 26. The lowest BCUT2D eigenvalue weighted by atomic mass is 9.97. The molecule has 430 valence electrons. The van der Waals surface area contributed by atoms with E-state index in [-0.39, 0.29) is 56.6 Å². The first-order chi connectivity index (χ1) is 38.2. The van der Waals surface area contributed by atoms with E-state index in [0.717, 1.165) is 30.4 Å². The summed E-state index contributed by atoms with van der Waals surface area (Å²) in [6.07, 6.45) is -24.2. The molecule has 15 unspecified atom stereocenters. The van der Waals surface area contributed by atoms with Crippen LogP contribution in [0, 0.1) is 0 Å². The number of esters is 2. The standard InChI is InChI=1S/C53H56O27/c1-70-33-14-23(4-9-28(33)57)6-12-40(61)72-20-37-42(63)45(66)48(69)52(78-37)80-50-46(67)43(64)38(21-73-39(60)11-5-22-3-8-27(56)30(59)13-22)79-53(50)76-35-18-26-31(74-49(35)24-7-10-29(58)34(15-24)71-2)16-25(55)17-32(26)75-51-47(68)44(65)41(62)36(19-54)77-51/h3-18,36-38,41-48,50-54,62-69H,19-21H2,1-2H3,(H4-,55,56,57,58,59,60,61)/p+1. The number of aliphatic hydroxyl groups is 9. The molecule has 3 aliphatic rings. The third kappa shape index (κ3) is 13.0. The maximum atomic E-state index is 13.0. The zero-order chi connectivity index (χ0) is 57.7. The van der Waals surface area contributed by atoms with Gasteiger partial charge in [-0.15, -0.1) is 0 Å². The van der Waals surface area contributed by atoms with Gasteiger partial charge in [0.25, 0.3) is 0 Å². The number of methoxy groups -OCH3 is 2. The van der Waals surface area contributed by atoms with Crippen LogP contribution in [-0.4, -0.2) is 210 Å². The maximum absolute atomic E-state index is 13.0. The summed E-state index contributed by atoms with van der Waals surface area (Å²) < 4.78 is 63.3. The normalized spacial score (nSPS) is 28.9. The summed E-state index contributed by atoms with van der Waals surface area (Å²) in [5, 5.41) is 149. The van der Waals surface area contributed by atoms with Crippen LogP contribution in [0.5, 0.6) is 51.7 Å². The van der Waals surface area contributed by atoms with Crippen molar-refractivity contribution in [3.63, 3.8) is 0 Å². The van der Waals surface area contributed by atoms with E-state index in [4.69, 9.17) is 51.8 Å². The molecule has 1 aromatic heterocycles. The highest BCUT2D eigenvalue weighted by Crippen LogP contribution is 2.44. The number of fused-ring (bicyclic) bond motifs is 1. The molecule has 0 saturated carbocycles. The number of aromatic hydroxyl groups is 5. The smallest absolute Gasteiger partial charge is 0.402 e. The van der Waals surface area contributed by atoms with E-state index in [0.29, 0.717) is 5.56 Å². The Morgan fingerprint density at radius 3 is 1.66 bits per heavy atom. The maximum Gasteiger partial charge on any atom is 0.402 e. The van der Waals surface area contributed by atoms with Crippen LogP contribution in [0.15, 0.2) is 89.4 Å². The van der Waals surface area contributed by atoms with Crippen molar-refractivity contribution in [1.29, 1.82) is 0 Å². The quantitative estimate of drug-likeness (QED) is 0.0230. The van der Waals surface area contributed by atoms with Gasteiger partial charge < -0.3 is 119 Å². The van der Waals surface area contributed by atoms with Gasteiger partial charge in [-0.25, -0.2) is 14.0 Å². The molecule has 27 heteroatoms. The first-order valence-electron chi connectivity index (χ1n) is 24.3. The summed E-state index contributed by atoms with van der Waals surface area (Å²) in [5.41, 5.74) is 0.593. The minimum atomic E-state index is -2.16. The topological polar surface area (TPSA) is 421 Å². The highest BCUT2D eigenvalue weighted by molar-refractivity contribution is 5.89. The van der Waals surface area contributed by atoms with E-state index in [1.807, 2.05) is 0 Å². The molecular weight excluding hydrogens is 1070 g/mol. The molecule has 80 heavy (non-hydrogen) atoms. The van der Waals surface area contributed by atoms with Crippen molar-refractivity contribution in [2.45, 2.75) is 92.1 Å². The Kier molecular flexibility index (Phi) is 18.5. The van der Waals surface area contributed by atoms with Gasteiger partial charge in [0.2, 0.25) is 18.3 Å². The SMILES string of the molecule is COc1cc(/C=C/C(=O)OCC2OC(OC3C(Oc4cc5c(OC6OC(CO)C(O)C(O)C6O)cc(O)cc5[o+]c4-c4ccc(O)c(OC)c4)OC(COC(=O)/C=C/c4ccc(O)c(O)c4)C(O)C3O)C(O)C(O)C2O)ccc1O. The van der Waals surface area contributed by atoms with Crippen molar-refractivity contribution in [3.05, 3.63) is 96.1 Å². The summed E-state index contributed by atoms with van der Waals surface area (Å²) in [5.74, 6) is -4.82. The van der Waals surface area contributed by atoms with E-state index in [1.54, 1.807) is 0 Å². The molecule has 3 fully saturated rings. The number of aliphatic hydroxyl groups excluding tert-OH is 9. The van der Waals surface area contributed by atoms with Gasteiger partial charge in [-0.2, -0.15) is 0 Å². The van der Waals surface area contributed by atoms with Crippen molar-refractivity contribution < 1.29 is 133 Å². The Morgan fingerprint density at radius 1 is 0.525 bits per heavy atom. The van der Waals surface area contributed by atoms with Crippen LogP contribution in [-0.2, 0) is 38.0 Å².